The van der Waals surface area contributed by atoms with Crippen LogP contribution >= 0.6 is 0 Å². The van der Waals surface area contributed by atoms with E-state index in [1.807, 2.05) is 24.3 Å². The smallest absolute Gasteiger partial charge is 0.325 e. The van der Waals surface area contributed by atoms with E-state index >= 15 is 0 Å². The molecule has 0 fully saturated rings. The number of aryl methyl sites for hydroxylation is 1. The maximum atomic E-state index is 11.6. The normalized spacial score (nSPS) is 12.2. The molecule has 24 heavy (non-hydrogen) atoms. The fourth-order valence-corrected chi connectivity index (χ4v) is 2.09. The number of amides is 1. The average Bonchev–Trinajstić information content (AvgIpc) is 3.02. The minimum absolute atomic E-state index is 0.0888. The summed E-state index contributed by atoms with van der Waals surface area (Å²) >= 11 is 0. The molecule has 7 heteroatoms. The number of carbonyl (C=O) groups excluding carboxylic acids is 1. The Morgan fingerprint density at radius 3 is 2.46 bits per heavy atom. The molecule has 0 saturated carbocycles. The first-order valence-electron chi connectivity index (χ1n) is 7.82. The van der Waals surface area contributed by atoms with E-state index in [0.717, 1.165) is 5.56 Å². The van der Waals surface area contributed by atoms with Gasteiger partial charge in [-0.3, -0.25) is 9.59 Å². The minimum Gasteiger partial charge on any atom is -0.480 e. The maximum absolute atomic E-state index is 11.6. The lowest BCUT2D eigenvalue weighted by molar-refractivity contribution is -0.141. The quantitative estimate of drug-likeness (QED) is 0.807. The second kappa shape index (κ2) is 7.72. The summed E-state index contributed by atoms with van der Waals surface area (Å²) in [5.41, 5.74) is 2.07. The van der Waals surface area contributed by atoms with Crippen LogP contribution < -0.4 is 5.32 Å². The zero-order valence-electron chi connectivity index (χ0n) is 13.9. The minimum atomic E-state index is -1.08. The van der Waals surface area contributed by atoms with Gasteiger partial charge in [-0.05, 0) is 18.4 Å². The summed E-state index contributed by atoms with van der Waals surface area (Å²) < 4.78 is 5.14. The topological polar surface area (TPSA) is 105 Å². The predicted molar refractivity (Wildman–Crippen MR) is 87.4 cm³/mol. The van der Waals surface area contributed by atoms with Crippen molar-refractivity contribution in [2.75, 3.05) is 0 Å². The molecular formula is C17H21N3O4. The summed E-state index contributed by atoms with van der Waals surface area (Å²) in [5.74, 6) is -0.179. The van der Waals surface area contributed by atoms with E-state index in [4.69, 9.17) is 9.63 Å². The lowest BCUT2D eigenvalue weighted by Gasteiger charge is -2.07. The number of carboxylic acid groups (broad SMARTS) is 1. The third-order valence-corrected chi connectivity index (χ3v) is 3.62. The highest BCUT2D eigenvalue weighted by Gasteiger charge is 2.15. The first-order valence-corrected chi connectivity index (χ1v) is 7.82. The van der Waals surface area contributed by atoms with Gasteiger partial charge in [0.25, 0.3) is 0 Å². The Morgan fingerprint density at radius 1 is 1.21 bits per heavy atom. The van der Waals surface area contributed by atoms with E-state index < -0.39 is 12.0 Å². The Morgan fingerprint density at radius 2 is 1.88 bits per heavy atom. The summed E-state index contributed by atoms with van der Waals surface area (Å²) in [6, 6.07) is 7.00. The van der Waals surface area contributed by atoms with Gasteiger partial charge in [-0.2, -0.15) is 4.98 Å². The molecule has 2 aromatic rings. The number of carbonyl (C=O) groups is 2. The monoisotopic (exact) mass is 331 g/mol. The fraction of sp³-hybridized carbons (Fsp3) is 0.412. The van der Waals surface area contributed by atoms with E-state index in [-0.39, 0.29) is 18.7 Å². The number of nitrogens with zero attached hydrogens (tertiary/aromatic N) is 2. The van der Waals surface area contributed by atoms with Gasteiger partial charge in [0.1, 0.15) is 6.04 Å². The molecule has 1 atom stereocenters. The van der Waals surface area contributed by atoms with Crippen LogP contribution in [0.5, 0.6) is 0 Å². The molecule has 0 radical (unpaired) electrons. The van der Waals surface area contributed by atoms with E-state index in [0.29, 0.717) is 17.6 Å². The molecule has 0 aliphatic rings. The predicted octanol–water partition coefficient (Wildman–Crippen LogP) is 2.38. The van der Waals surface area contributed by atoms with Gasteiger partial charge < -0.3 is 14.9 Å². The van der Waals surface area contributed by atoms with Crippen LogP contribution in [0.4, 0.5) is 0 Å². The van der Waals surface area contributed by atoms with Gasteiger partial charge in [-0.25, -0.2) is 0 Å². The highest BCUT2D eigenvalue weighted by atomic mass is 16.5. The van der Waals surface area contributed by atoms with Crippen LogP contribution in [0, 0.1) is 0 Å². The van der Waals surface area contributed by atoms with Crippen molar-refractivity contribution in [3.63, 3.8) is 0 Å². The molecule has 2 rings (SSSR count). The van der Waals surface area contributed by atoms with Crippen LogP contribution in [0.25, 0.3) is 11.4 Å². The Balaban J connectivity index is 1.93. The Kier molecular flexibility index (Phi) is 5.68. The van der Waals surface area contributed by atoms with E-state index in [9.17, 15) is 9.59 Å². The highest BCUT2D eigenvalue weighted by Crippen LogP contribution is 2.20. The molecule has 0 aliphatic heterocycles. The van der Waals surface area contributed by atoms with Crippen molar-refractivity contribution < 1.29 is 19.2 Å². The lowest BCUT2D eigenvalue weighted by atomic mass is 10.0. The summed E-state index contributed by atoms with van der Waals surface area (Å²) in [6.07, 6.45) is 0.348. The Hall–Kier alpha value is -2.70. The first-order chi connectivity index (χ1) is 11.4. The number of aliphatic carboxylic acids is 1. The molecule has 1 heterocycles. The highest BCUT2D eigenvalue weighted by molar-refractivity contribution is 5.83. The summed E-state index contributed by atoms with van der Waals surface area (Å²) in [5, 5.41) is 15.0. The van der Waals surface area contributed by atoms with Crippen LogP contribution in [0.1, 0.15) is 44.6 Å². The number of benzene rings is 1. The molecule has 1 amide bonds. The van der Waals surface area contributed by atoms with Crippen LogP contribution in [-0.2, 0) is 16.0 Å². The Labute approximate surface area is 140 Å². The van der Waals surface area contributed by atoms with Gasteiger partial charge >= 0.3 is 5.97 Å². The van der Waals surface area contributed by atoms with Gasteiger partial charge in [0.05, 0.1) is 0 Å². The molecule has 1 aromatic heterocycles. The summed E-state index contributed by atoms with van der Waals surface area (Å²) in [7, 11) is 0. The third-order valence-electron chi connectivity index (χ3n) is 3.62. The summed E-state index contributed by atoms with van der Waals surface area (Å²) in [6.45, 7) is 5.65. The zero-order chi connectivity index (χ0) is 17.7. The number of rotatable bonds is 7. The van der Waals surface area contributed by atoms with Gasteiger partial charge in [0.2, 0.25) is 17.6 Å². The molecule has 128 valence electrons. The standard InChI is InChI=1S/C17H21N3O4/c1-10(2)12-4-6-13(7-5-12)16-19-15(24-20-16)9-8-14(21)18-11(3)17(22)23/h4-7,10-11H,8-9H2,1-3H3,(H,18,21)(H,22,23). The number of nitrogens with one attached hydrogen (secondary N) is 1. The van der Waals surface area contributed by atoms with Crippen molar-refractivity contribution >= 4 is 11.9 Å². The van der Waals surface area contributed by atoms with Gasteiger partial charge in [-0.1, -0.05) is 43.3 Å². The SMILES string of the molecule is CC(NC(=O)CCc1nc(-c2ccc(C(C)C)cc2)no1)C(=O)O. The third kappa shape index (κ3) is 4.65. The van der Waals surface area contributed by atoms with Gasteiger partial charge in [0, 0.05) is 18.4 Å². The second-order valence-corrected chi connectivity index (χ2v) is 5.92. The van der Waals surface area contributed by atoms with Gasteiger partial charge in [0.15, 0.2) is 0 Å². The molecule has 2 N–H and O–H groups in total. The number of aromatic nitrogens is 2. The number of hydrogen-bond donors (Lipinski definition) is 2. The van der Waals surface area contributed by atoms with Crippen molar-refractivity contribution in [3.8, 4) is 11.4 Å². The zero-order valence-corrected chi connectivity index (χ0v) is 13.9. The van der Waals surface area contributed by atoms with E-state index in [2.05, 4.69) is 29.3 Å². The van der Waals surface area contributed by atoms with Crippen LogP contribution in [0.3, 0.4) is 0 Å². The molecule has 1 unspecified atom stereocenters. The molecule has 0 aliphatic carbocycles. The Bertz CT molecular complexity index is 707. The maximum Gasteiger partial charge on any atom is 0.325 e. The van der Waals surface area contributed by atoms with Crippen molar-refractivity contribution in [2.24, 2.45) is 0 Å². The summed E-state index contributed by atoms with van der Waals surface area (Å²) in [4.78, 5) is 26.6. The van der Waals surface area contributed by atoms with E-state index in [1.54, 1.807) is 0 Å². The molecule has 7 nitrogen and oxygen atoms in total. The van der Waals surface area contributed by atoms with E-state index in [1.165, 1.54) is 12.5 Å². The van der Waals surface area contributed by atoms with Gasteiger partial charge in [-0.15, -0.1) is 0 Å². The van der Waals surface area contributed by atoms with Crippen LogP contribution in [0.15, 0.2) is 28.8 Å². The van der Waals surface area contributed by atoms with Crippen LogP contribution in [-0.4, -0.2) is 33.2 Å². The molecule has 0 bridgehead atoms. The van der Waals surface area contributed by atoms with Crippen molar-refractivity contribution in [1.29, 1.82) is 0 Å². The molecule has 1 aromatic carbocycles. The average molecular weight is 331 g/mol. The molecular weight excluding hydrogens is 310 g/mol. The van der Waals surface area contributed by atoms with Crippen LogP contribution in [0.2, 0.25) is 0 Å². The largest absolute Gasteiger partial charge is 0.480 e. The van der Waals surface area contributed by atoms with Crippen molar-refractivity contribution in [1.82, 2.24) is 15.5 Å². The molecule has 0 saturated heterocycles. The lowest BCUT2D eigenvalue weighted by Crippen LogP contribution is -2.38. The first kappa shape index (κ1) is 17.7. The number of carboxylic acids is 1. The molecule has 0 spiro atoms. The van der Waals surface area contributed by atoms with Crippen molar-refractivity contribution in [3.05, 3.63) is 35.7 Å². The number of hydrogen-bond acceptors (Lipinski definition) is 5. The second-order valence-electron chi connectivity index (χ2n) is 5.92. The fourth-order valence-electron chi connectivity index (χ4n) is 2.09. The van der Waals surface area contributed by atoms with Crippen molar-refractivity contribution in [2.45, 2.75) is 45.6 Å².